The van der Waals surface area contributed by atoms with Gasteiger partial charge in [-0.3, -0.25) is 0 Å². The summed E-state index contributed by atoms with van der Waals surface area (Å²) in [6, 6.07) is 12.0. The van der Waals surface area contributed by atoms with Crippen molar-refractivity contribution in [3.63, 3.8) is 0 Å². The maximum Gasteiger partial charge on any atom is 0.235 e. The van der Waals surface area contributed by atoms with Gasteiger partial charge in [0.1, 0.15) is 0 Å². The lowest BCUT2D eigenvalue weighted by Crippen LogP contribution is -2.32. The molecule has 1 aromatic carbocycles. The van der Waals surface area contributed by atoms with Crippen LogP contribution in [-0.4, -0.2) is 60.4 Å². The summed E-state index contributed by atoms with van der Waals surface area (Å²) in [5, 5.41) is 26.0. The van der Waals surface area contributed by atoms with E-state index in [0.29, 0.717) is 6.42 Å². The third kappa shape index (κ3) is 14.6. The lowest BCUT2D eigenvalue weighted by molar-refractivity contribution is 0.00304. The largest absolute Gasteiger partial charge is 0.396 e. The van der Waals surface area contributed by atoms with Crippen LogP contribution in [0.3, 0.4) is 0 Å². The fraction of sp³-hybridized carbons (Fsp3) is 0.500. The van der Waals surface area contributed by atoms with Gasteiger partial charge in [-0.25, -0.2) is 19.6 Å². The van der Waals surface area contributed by atoms with Crippen molar-refractivity contribution in [2.45, 2.75) is 13.3 Å². The smallest absolute Gasteiger partial charge is 0.235 e. The molecule has 0 fully saturated rings. The van der Waals surface area contributed by atoms with Crippen LogP contribution in [0.4, 0.5) is 0 Å². The van der Waals surface area contributed by atoms with Crippen LogP contribution < -0.4 is 0 Å². The minimum Gasteiger partial charge on any atom is -0.396 e. The normalized spacial score (nSPS) is 9.04. The molecule has 0 aliphatic rings. The first kappa shape index (κ1) is 23.1. The van der Waals surface area contributed by atoms with E-state index in [1.165, 1.54) is 12.2 Å². The van der Waals surface area contributed by atoms with Crippen LogP contribution in [0, 0.1) is 5.41 Å². The van der Waals surface area contributed by atoms with Crippen LogP contribution in [0.5, 0.6) is 0 Å². The van der Waals surface area contributed by atoms with Crippen LogP contribution in [0.2, 0.25) is 0 Å². The molecule has 0 heterocycles. The van der Waals surface area contributed by atoms with Crippen molar-refractivity contribution in [1.29, 1.82) is 0 Å². The third-order valence-corrected chi connectivity index (χ3v) is 2.88. The van der Waals surface area contributed by atoms with E-state index in [4.69, 9.17) is 15.3 Å². The monoisotopic (exact) mass is 324 g/mol. The standard InChI is InChI=1S/C6H14O3.C6H6.C4H4N2O2/c1-2-6(3-7,4-8)5-9;1-2-4-6-5-3-1;7-3-5-1-2-6-4-8/h7-9H,2-5H2,1H3;1-6H;1-2H2. The Balaban J connectivity index is 0. The molecule has 0 aliphatic heterocycles. The number of benzene rings is 1. The van der Waals surface area contributed by atoms with Crippen molar-refractivity contribution in [2.75, 3.05) is 32.9 Å². The summed E-state index contributed by atoms with van der Waals surface area (Å²) in [6.45, 7) is 1.80. The number of nitrogens with zero attached hydrogens (tertiary/aromatic N) is 2. The molecule has 0 unspecified atom stereocenters. The van der Waals surface area contributed by atoms with Gasteiger partial charge in [-0.1, -0.05) is 43.3 Å². The number of isocyanates is 2. The average molecular weight is 324 g/mol. The Morgan fingerprint density at radius 1 is 0.783 bits per heavy atom. The Hall–Kier alpha value is -2.14. The van der Waals surface area contributed by atoms with E-state index in [0.717, 1.165) is 0 Å². The second-order valence-corrected chi connectivity index (χ2v) is 4.43. The third-order valence-electron chi connectivity index (χ3n) is 2.88. The molecule has 128 valence electrons. The van der Waals surface area contributed by atoms with E-state index in [9.17, 15) is 9.59 Å². The molecule has 0 atom stereocenters. The van der Waals surface area contributed by atoms with Crippen LogP contribution in [0.1, 0.15) is 13.3 Å². The summed E-state index contributed by atoms with van der Waals surface area (Å²) in [5.74, 6) is 0. The summed E-state index contributed by atoms with van der Waals surface area (Å²) >= 11 is 0. The Bertz CT molecular complexity index is 389. The molecule has 1 aromatic rings. The minimum absolute atomic E-state index is 0.156. The van der Waals surface area contributed by atoms with Gasteiger partial charge in [0.15, 0.2) is 0 Å². The van der Waals surface area contributed by atoms with Crippen molar-refractivity contribution < 1.29 is 24.9 Å². The molecule has 7 heteroatoms. The molecule has 0 bridgehead atoms. The van der Waals surface area contributed by atoms with Crippen molar-refractivity contribution >= 4 is 12.2 Å². The Morgan fingerprint density at radius 3 is 1.22 bits per heavy atom. The lowest BCUT2D eigenvalue weighted by Gasteiger charge is -2.24. The number of hydrogen-bond donors (Lipinski definition) is 3. The Morgan fingerprint density at radius 2 is 1.09 bits per heavy atom. The molecule has 0 saturated heterocycles. The zero-order chi connectivity index (χ0) is 17.8. The molecular formula is C16H24N2O5. The zero-order valence-corrected chi connectivity index (χ0v) is 13.3. The van der Waals surface area contributed by atoms with Gasteiger partial charge in [-0.05, 0) is 6.42 Å². The molecule has 3 N–H and O–H groups in total. The zero-order valence-electron chi connectivity index (χ0n) is 13.3. The molecule has 0 spiro atoms. The van der Waals surface area contributed by atoms with Crippen molar-refractivity contribution in [3.05, 3.63) is 36.4 Å². The number of rotatable bonds is 7. The van der Waals surface area contributed by atoms with Crippen LogP contribution in [-0.2, 0) is 9.59 Å². The van der Waals surface area contributed by atoms with E-state index < -0.39 is 5.41 Å². The SMILES string of the molecule is CCC(CO)(CO)CO.O=C=NCCN=C=O.c1ccccc1. The summed E-state index contributed by atoms with van der Waals surface area (Å²) in [6.07, 6.45) is 3.22. The van der Waals surface area contributed by atoms with Crippen molar-refractivity contribution in [2.24, 2.45) is 15.4 Å². The van der Waals surface area contributed by atoms with Gasteiger partial charge in [0.05, 0.1) is 32.9 Å². The molecule has 1 rings (SSSR count). The van der Waals surface area contributed by atoms with Crippen LogP contribution in [0.25, 0.3) is 0 Å². The Kier molecular flexibility index (Phi) is 18.0. The van der Waals surface area contributed by atoms with Gasteiger partial charge in [0, 0.05) is 5.41 Å². The maximum absolute atomic E-state index is 9.34. The first-order valence-electron chi connectivity index (χ1n) is 7.06. The number of aliphatic hydroxyl groups excluding tert-OH is 3. The summed E-state index contributed by atoms with van der Waals surface area (Å²) < 4.78 is 0. The van der Waals surface area contributed by atoms with Gasteiger partial charge < -0.3 is 15.3 Å². The van der Waals surface area contributed by atoms with E-state index in [2.05, 4.69) is 9.98 Å². The molecular weight excluding hydrogens is 300 g/mol. The van der Waals surface area contributed by atoms with Gasteiger partial charge in [0.25, 0.3) is 0 Å². The van der Waals surface area contributed by atoms with E-state index in [1.54, 1.807) is 0 Å². The molecule has 0 aliphatic carbocycles. The van der Waals surface area contributed by atoms with Crippen molar-refractivity contribution in [3.8, 4) is 0 Å². The Labute approximate surface area is 136 Å². The van der Waals surface area contributed by atoms with Gasteiger partial charge in [0.2, 0.25) is 12.2 Å². The average Bonchev–Trinajstić information content (AvgIpc) is 2.64. The van der Waals surface area contributed by atoms with E-state index in [1.807, 2.05) is 43.3 Å². The van der Waals surface area contributed by atoms with Crippen LogP contribution in [0.15, 0.2) is 46.4 Å². The van der Waals surface area contributed by atoms with Gasteiger partial charge in [-0.15, -0.1) is 0 Å². The van der Waals surface area contributed by atoms with E-state index in [-0.39, 0.29) is 32.9 Å². The highest BCUT2D eigenvalue weighted by Gasteiger charge is 2.24. The number of aliphatic hydroxyl groups is 3. The number of carbonyl (C=O) groups excluding carboxylic acids is 2. The molecule has 0 saturated carbocycles. The number of hydrogen-bond acceptors (Lipinski definition) is 7. The first-order valence-corrected chi connectivity index (χ1v) is 7.06. The maximum atomic E-state index is 9.34. The topological polar surface area (TPSA) is 120 Å². The number of aliphatic imine (C=N–C) groups is 2. The molecule has 0 amide bonds. The molecule has 0 aromatic heterocycles. The van der Waals surface area contributed by atoms with Gasteiger partial charge >= 0.3 is 0 Å². The molecule has 7 nitrogen and oxygen atoms in total. The quantitative estimate of drug-likeness (QED) is 0.387. The molecule has 23 heavy (non-hydrogen) atoms. The summed E-state index contributed by atoms with van der Waals surface area (Å²) in [7, 11) is 0. The predicted octanol–water partition coefficient (Wildman–Crippen LogP) is 0.704. The second kappa shape index (κ2) is 17.9. The van der Waals surface area contributed by atoms with E-state index >= 15 is 0 Å². The highest BCUT2D eigenvalue weighted by atomic mass is 16.3. The fourth-order valence-corrected chi connectivity index (χ4v) is 1.06. The fourth-order valence-electron chi connectivity index (χ4n) is 1.06. The van der Waals surface area contributed by atoms with Crippen molar-refractivity contribution in [1.82, 2.24) is 0 Å². The summed E-state index contributed by atoms with van der Waals surface area (Å²) in [4.78, 5) is 24.9. The van der Waals surface area contributed by atoms with Gasteiger partial charge in [-0.2, -0.15) is 0 Å². The molecule has 0 radical (unpaired) electrons. The van der Waals surface area contributed by atoms with Crippen LogP contribution >= 0.6 is 0 Å². The summed E-state index contributed by atoms with van der Waals surface area (Å²) in [5.41, 5.74) is -0.667. The highest BCUT2D eigenvalue weighted by molar-refractivity contribution is 5.34. The predicted molar refractivity (Wildman–Crippen MR) is 86.4 cm³/mol. The second-order valence-electron chi connectivity index (χ2n) is 4.43. The minimum atomic E-state index is -0.667. The first-order chi connectivity index (χ1) is 11.2. The lowest BCUT2D eigenvalue weighted by atomic mass is 9.88. The highest BCUT2D eigenvalue weighted by Crippen LogP contribution is 2.18.